The van der Waals surface area contributed by atoms with Crippen LogP contribution in [0.25, 0.3) is 6.08 Å². The van der Waals surface area contributed by atoms with E-state index >= 15 is 0 Å². The van der Waals surface area contributed by atoms with Crippen molar-refractivity contribution in [2.45, 2.75) is 13.8 Å². The number of hydrogen-bond donors (Lipinski definition) is 1. The molecule has 0 spiro atoms. The number of aryl methyl sites for hydroxylation is 2. The maximum Gasteiger partial charge on any atom is 0.266 e. The number of anilines is 1. The van der Waals surface area contributed by atoms with Crippen molar-refractivity contribution in [2.75, 3.05) is 5.32 Å². The van der Waals surface area contributed by atoms with E-state index in [-0.39, 0.29) is 5.57 Å². The van der Waals surface area contributed by atoms with Gasteiger partial charge in [-0.2, -0.15) is 5.26 Å². The van der Waals surface area contributed by atoms with Crippen LogP contribution in [0.2, 0.25) is 0 Å². The van der Waals surface area contributed by atoms with Gasteiger partial charge in [0.15, 0.2) is 0 Å². The first-order valence-corrected chi connectivity index (χ1v) is 7.55. The maximum atomic E-state index is 12.3. The van der Waals surface area contributed by atoms with Crippen molar-refractivity contribution < 1.29 is 4.79 Å². The Balaban J connectivity index is 2.24. The van der Waals surface area contributed by atoms with E-state index in [9.17, 15) is 10.1 Å². The predicted octanol–water partition coefficient (Wildman–Crippen LogP) is 4.61. The van der Waals surface area contributed by atoms with Crippen LogP contribution in [0.15, 0.2) is 52.5 Å². The van der Waals surface area contributed by atoms with Gasteiger partial charge in [-0.15, -0.1) is 0 Å². The van der Waals surface area contributed by atoms with Gasteiger partial charge in [-0.25, -0.2) is 0 Å². The van der Waals surface area contributed by atoms with Gasteiger partial charge in [0.05, 0.1) is 0 Å². The van der Waals surface area contributed by atoms with E-state index in [1.54, 1.807) is 6.08 Å². The largest absolute Gasteiger partial charge is 0.321 e. The van der Waals surface area contributed by atoms with Crippen LogP contribution in [0.1, 0.15) is 16.7 Å². The number of benzene rings is 2. The minimum Gasteiger partial charge on any atom is -0.321 e. The monoisotopic (exact) mass is 354 g/mol. The number of halogens is 1. The summed E-state index contributed by atoms with van der Waals surface area (Å²) < 4.78 is 0.897. The lowest BCUT2D eigenvalue weighted by Gasteiger charge is -2.08. The Hall–Kier alpha value is -2.38. The first-order chi connectivity index (χ1) is 10.5. The second-order valence-electron chi connectivity index (χ2n) is 5.00. The number of nitrogens with one attached hydrogen (secondary N) is 1. The van der Waals surface area contributed by atoms with Crippen LogP contribution in [0.3, 0.4) is 0 Å². The third kappa shape index (κ3) is 4.06. The lowest BCUT2D eigenvalue weighted by molar-refractivity contribution is -0.112. The normalized spacial score (nSPS) is 10.9. The van der Waals surface area contributed by atoms with E-state index in [0.29, 0.717) is 5.69 Å². The highest BCUT2D eigenvalue weighted by atomic mass is 79.9. The fourth-order valence-corrected chi connectivity index (χ4v) is 2.47. The van der Waals surface area contributed by atoms with E-state index in [1.807, 2.05) is 62.4 Å². The van der Waals surface area contributed by atoms with Crippen LogP contribution < -0.4 is 5.32 Å². The molecule has 0 saturated carbocycles. The number of hydrogen-bond acceptors (Lipinski definition) is 2. The Morgan fingerprint density at radius 3 is 2.64 bits per heavy atom. The van der Waals surface area contributed by atoms with Gasteiger partial charge in [-0.05, 0) is 49.2 Å². The second-order valence-corrected chi connectivity index (χ2v) is 5.91. The lowest BCUT2D eigenvalue weighted by Crippen LogP contribution is -2.14. The highest BCUT2D eigenvalue weighted by molar-refractivity contribution is 9.10. The number of amides is 1. The molecule has 110 valence electrons. The molecule has 0 aliphatic heterocycles. The third-order valence-electron chi connectivity index (χ3n) is 3.15. The molecule has 4 heteroatoms. The van der Waals surface area contributed by atoms with Gasteiger partial charge in [0.1, 0.15) is 11.6 Å². The quantitative estimate of drug-likeness (QED) is 0.646. The van der Waals surface area contributed by atoms with Crippen molar-refractivity contribution in [3.63, 3.8) is 0 Å². The Bertz CT molecular complexity index is 788. The first-order valence-electron chi connectivity index (χ1n) is 6.75. The van der Waals surface area contributed by atoms with Crippen molar-refractivity contribution >= 4 is 33.6 Å². The molecule has 0 atom stereocenters. The SMILES string of the molecule is Cc1ccc(NC(=O)/C(C#N)=C/c2cccc(Br)c2)c(C)c1. The molecular weight excluding hydrogens is 340 g/mol. The second kappa shape index (κ2) is 7.06. The molecule has 0 saturated heterocycles. The van der Waals surface area contributed by atoms with Gasteiger partial charge >= 0.3 is 0 Å². The molecule has 0 unspecified atom stereocenters. The van der Waals surface area contributed by atoms with Gasteiger partial charge in [0.2, 0.25) is 0 Å². The summed E-state index contributed by atoms with van der Waals surface area (Å²) in [5.74, 6) is -0.408. The van der Waals surface area contributed by atoms with Crippen LogP contribution in [0, 0.1) is 25.2 Å². The molecule has 0 radical (unpaired) electrons. The lowest BCUT2D eigenvalue weighted by atomic mass is 10.1. The summed E-state index contributed by atoms with van der Waals surface area (Å²) >= 11 is 3.37. The summed E-state index contributed by atoms with van der Waals surface area (Å²) in [6.45, 7) is 3.92. The first kappa shape index (κ1) is 16.0. The third-order valence-corrected chi connectivity index (χ3v) is 3.65. The molecule has 1 N–H and O–H groups in total. The average molecular weight is 355 g/mol. The Morgan fingerprint density at radius 2 is 2.00 bits per heavy atom. The smallest absolute Gasteiger partial charge is 0.266 e. The number of carbonyl (C=O) groups excluding carboxylic acids is 1. The van der Waals surface area contributed by atoms with Crippen LogP contribution >= 0.6 is 15.9 Å². The molecule has 0 aliphatic rings. The van der Waals surface area contributed by atoms with Gasteiger partial charge in [0, 0.05) is 10.2 Å². The topological polar surface area (TPSA) is 52.9 Å². The number of carbonyl (C=O) groups is 1. The van der Waals surface area contributed by atoms with Crippen LogP contribution in [0.5, 0.6) is 0 Å². The van der Waals surface area contributed by atoms with Gasteiger partial charge in [-0.3, -0.25) is 4.79 Å². The zero-order valence-corrected chi connectivity index (χ0v) is 13.9. The van der Waals surface area contributed by atoms with E-state index in [0.717, 1.165) is 21.2 Å². The summed E-state index contributed by atoms with van der Waals surface area (Å²) in [6.07, 6.45) is 1.57. The van der Waals surface area contributed by atoms with Gasteiger partial charge in [-0.1, -0.05) is 45.8 Å². The Morgan fingerprint density at radius 1 is 1.23 bits per heavy atom. The number of nitrogens with zero attached hydrogens (tertiary/aromatic N) is 1. The summed E-state index contributed by atoms with van der Waals surface area (Å²) in [5, 5.41) is 12.0. The van der Waals surface area contributed by atoms with E-state index < -0.39 is 5.91 Å². The molecule has 2 aromatic carbocycles. The molecule has 0 aliphatic carbocycles. The molecule has 0 aromatic heterocycles. The van der Waals surface area contributed by atoms with Crippen molar-refractivity contribution in [3.05, 3.63) is 69.2 Å². The molecule has 1 amide bonds. The predicted molar refractivity (Wildman–Crippen MR) is 92.3 cm³/mol. The zero-order valence-electron chi connectivity index (χ0n) is 12.4. The zero-order chi connectivity index (χ0) is 16.1. The molecule has 0 heterocycles. The molecule has 2 aromatic rings. The minimum absolute atomic E-state index is 0.0677. The van der Waals surface area contributed by atoms with Crippen molar-refractivity contribution in [2.24, 2.45) is 0 Å². The Kier molecular flexibility index (Phi) is 5.13. The van der Waals surface area contributed by atoms with Crippen molar-refractivity contribution in [3.8, 4) is 6.07 Å². The van der Waals surface area contributed by atoms with Crippen LogP contribution in [-0.4, -0.2) is 5.91 Å². The average Bonchev–Trinajstić information content (AvgIpc) is 2.47. The molecule has 22 heavy (non-hydrogen) atoms. The number of nitriles is 1. The van der Waals surface area contributed by atoms with Gasteiger partial charge < -0.3 is 5.32 Å². The van der Waals surface area contributed by atoms with E-state index in [4.69, 9.17) is 0 Å². The molecule has 0 bridgehead atoms. The van der Waals surface area contributed by atoms with E-state index in [1.165, 1.54) is 0 Å². The molecular formula is C18H15BrN2O. The maximum absolute atomic E-state index is 12.3. The fraction of sp³-hybridized carbons (Fsp3) is 0.111. The highest BCUT2D eigenvalue weighted by Gasteiger charge is 2.11. The fourth-order valence-electron chi connectivity index (χ4n) is 2.06. The Labute approximate surface area is 138 Å². The van der Waals surface area contributed by atoms with Crippen molar-refractivity contribution in [1.82, 2.24) is 0 Å². The summed E-state index contributed by atoms with van der Waals surface area (Å²) in [4.78, 5) is 12.3. The molecule has 0 fully saturated rings. The molecule has 2 rings (SSSR count). The summed E-state index contributed by atoms with van der Waals surface area (Å²) in [7, 11) is 0. The highest BCUT2D eigenvalue weighted by Crippen LogP contribution is 2.18. The number of rotatable bonds is 3. The summed E-state index contributed by atoms with van der Waals surface area (Å²) in [6, 6.07) is 15.1. The van der Waals surface area contributed by atoms with Crippen LogP contribution in [0.4, 0.5) is 5.69 Å². The van der Waals surface area contributed by atoms with Gasteiger partial charge in [0.25, 0.3) is 5.91 Å². The summed E-state index contributed by atoms with van der Waals surface area (Å²) in [5.41, 5.74) is 3.67. The van der Waals surface area contributed by atoms with E-state index in [2.05, 4.69) is 21.2 Å². The minimum atomic E-state index is -0.408. The van der Waals surface area contributed by atoms with Crippen molar-refractivity contribution in [1.29, 1.82) is 5.26 Å². The molecule has 3 nitrogen and oxygen atoms in total. The van der Waals surface area contributed by atoms with Crippen LogP contribution in [-0.2, 0) is 4.79 Å². The standard InChI is InChI=1S/C18H15BrN2O/c1-12-6-7-17(13(2)8-12)21-18(22)15(11-20)9-14-4-3-5-16(19)10-14/h3-10H,1-2H3,(H,21,22)/b15-9+.